The summed E-state index contributed by atoms with van der Waals surface area (Å²) in [5.74, 6) is -2.66. The maximum absolute atomic E-state index is 14.3. The third kappa shape index (κ3) is 7.53. The van der Waals surface area contributed by atoms with Crippen molar-refractivity contribution in [1.82, 2.24) is 20.9 Å². The van der Waals surface area contributed by atoms with Crippen LogP contribution in [0.5, 0.6) is 0 Å². The molecule has 0 aromatic heterocycles. The van der Waals surface area contributed by atoms with Crippen molar-refractivity contribution in [2.45, 2.75) is 91.9 Å². The Labute approximate surface area is 271 Å². The molecular formula is C34H50N6O6. The first-order valence-corrected chi connectivity index (χ1v) is 16.2. The molecule has 1 aromatic rings. The highest BCUT2D eigenvalue weighted by Gasteiger charge is 2.70. The number of urea groups is 1. The highest BCUT2D eigenvalue weighted by molar-refractivity contribution is 6.37. The number of benzene rings is 1. The Morgan fingerprint density at radius 1 is 1.04 bits per heavy atom. The van der Waals surface area contributed by atoms with Crippen LogP contribution in [0.2, 0.25) is 0 Å². The number of likely N-dealkylation sites (tertiary alicyclic amines) is 1. The van der Waals surface area contributed by atoms with Gasteiger partial charge in [-0.3, -0.25) is 19.2 Å². The number of oxime groups is 1. The molecule has 46 heavy (non-hydrogen) atoms. The van der Waals surface area contributed by atoms with Gasteiger partial charge in [-0.2, -0.15) is 0 Å². The highest BCUT2D eigenvalue weighted by atomic mass is 16.6. The number of Topliss-reactive ketones (excluding diaryl/α,β-unsaturated/α-hetero) is 1. The van der Waals surface area contributed by atoms with Gasteiger partial charge in [-0.15, -0.1) is 0 Å². The molecule has 1 unspecified atom stereocenters. The number of nitrogens with zero attached hydrogens (tertiary/aromatic N) is 2. The van der Waals surface area contributed by atoms with Crippen LogP contribution in [0, 0.1) is 34.5 Å². The molecule has 5 N–H and O–H groups in total. The molecule has 2 aliphatic carbocycles. The van der Waals surface area contributed by atoms with E-state index in [-0.39, 0.29) is 35.0 Å². The smallest absolute Gasteiger partial charge is 0.316 e. The van der Waals surface area contributed by atoms with Gasteiger partial charge in [0.1, 0.15) is 24.9 Å². The fraction of sp³-hybridized carbons (Fsp3) is 0.647. The van der Waals surface area contributed by atoms with Crippen LogP contribution in [0.3, 0.4) is 0 Å². The quantitative estimate of drug-likeness (QED) is 0.147. The Bertz CT molecular complexity index is 1370. The predicted octanol–water partition coefficient (Wildman–Crippen LogP) is 2.60. The summed E-state index contributed by atoms with van der Waals surface area (Å²) in [5, 5.41) is 12.9. The molecule has 3 fully saturated rings. The van der Waals surface area contributed by atoms with E-state index in [0.717, 1.165) is 18.4 Å². The SMILES string of the molecule is CO/N=C(/c1ccccc1)[C@@H](NC(=O)N[C@H](C(=O)N1C[C@H]2[C@@H]([C@H]1C(=O)NC(CC1CC1)C(=O)C(N)=O)C2(C)C)C(C)(C)C)C(C)C. The van der Waals surface area contributed by atoms with E-state index < -0.39 is 53.2 Å². The lowest BCUT2D eigenvalue weighted by Crippen LogP contribution is -2.62. The Morgan fingerprint density at radius 2 is 1.67 bits per heavy atom. The Balaban J connectivity index is 1.55. The number of rotatable bonds is 13. The molecule has 1 heterocycles. The average molecular weight is 639 g/mol. The van der Waals surface area contributed by atoms with E-state index in [4.69, 9.17) is 10.6 Å². The van der Waals surface area contributed by atoms with Gasteiger partial charge in [0.25, 0.3) is 5.91 Å². The third-order valence-electron chi connectivity index (χ3n) is 9.80. The van der Waals surface area contributed by atoms with Crippen molar-refractivity contribution >= 4 is 35.2 Å². The van der Waals surface area contributed by atoms with Crippen molar-refractivity contribution < 1.29 is 28.8 Å². The summed E-state index contributed by atoms with van der Waals surface area (Å²) < 4.78 is 0. The molecule has 1 saturated heterocycles. The van der Waals surface area contributed by atoms with Crippen LogP contribution in [-0.4, -0.2) is 78.0 Å². The summed E-state index contributed by atoms with van der Waals surface area (Å²) in [7, 11) is 1.45. The summed E-state index contributed by atoms with van der Waals surface area (Å²) >= 11 is 0. The number of hydrogen-bond acceptors (Lipinski definition) is 7. The number of piperidine rings is 1. The Kier molecular flexibility index (Phi) is 10.2. The summed E-state index contributed by atoms with van der Waals surface area (Å²) in [6.07, 6.45) is 2.19. The first-order chi connectivity index (χ1) is 21.5. The standard InChI is InChI=1S/C34H50N6O6/c1-18(2)24(25(39-46-8)20-12-10-9-11-13-20)37-32(45)38-28(33(3,4)5)31(44)40-17-21-23(34(21,6)7)26(40)30(43)36-22(16-19-14-15-19)27(41)29(35)42/h9-13,18-19,21-24,26,28H,14-17H2,1-8H3,(H2,35,42)(H,36,43)(H2,37,38,45)/b39-25-/t21-,22?,23-,24-,26-,28+/m0/s1. The topological polar surface area (TPSA) is 172 Å². The second-order valence-corrected chi connectivity index (χ2v) is 15.0. The van der Waals surface area contributed by atoms with Crippen molar-refractivity contribution in [2.24, 2.45) is 45.4 Å². The molecule has 0 bridgehead atoms. The van der Waals surface area contributed by atoms with Gasteiger partial charge < -0.3 is 31.4 Å². The van der Waals surface area contributed by atoms with Gasteiger partial charge in [0.2, 0.25) is 17.6 Å². The van der Waals surface area contributed by atoms with Gasteiger partial charge in [0.05, 0.1) is 12.1 Å². The van der Waals surface area contributed by atoms with Gasteiger partial charge in [-0.25, -0.2) is 4.79 Å². The van der Waals surface area contributed by atoms with Gasteiger partial charge in [0.15, 0.2) is 0 Å². The minimum absolute atomic E-state index is 0.0728. The number of amides is 5. The normalized spacial score (nSPS) is 23.9. The van der Waals surface area contributed by atoms with Gasteiger partial charge in [-0.1, -0.05) is 96.8 Å². The lowest BCUT2D eigenvalue weighted by atomic mass is 9.85. The van der Waals surface area contributed by atoms with Crippen LogP contribution < -0.4 is 21.7 Å². The summed E-state index contributed by atoms with van der Waals surface area (Å²) in [6, 6.07) is 5.43. The molecule has 5 amide bonds. The zero-order valence-electron chi connectivity index (χ0n) is 28.3. The fourth-order valence-corrected chi connectivity index (χ4v) is 6.84. The van der Waals surface area contributed by atoms with Gasteiger partial charge >= 0.3 is 6.03 Å². The molecule has 3 aliphatic rings. The molecule has 2 saturated carbocycles. The number of hydrogen-bond donors (Lipinski definition) is 4. The highest BCUT2D eigenvalue weighted by Crippen LogP contribution is 2.65. The number of primary amides is 1. The Hall–Kier alpha value is -3.96. The van der Waals surface area contributed by atoms with Crippen LogP contribution >= 0.6 is 0 Å². The van der Waals surface area contributed by atoms with E-state index >= 15 is 0 Å². The number of nitrogens with two attached hydrogens (primary N) is 1. The molecule has 0 radical (unpaired) electrons. The van der Waals surface area contributed by atoms with E-state index in [1.165, 1.54) is 12.0 Å². The van der Waals surface area contributed by atoms with E-state index in [1.807, 2.05) is 65.0 Å². The molecule has 0 spiro atoms. The second kappa shape index (κ2) is 13.4. The summed E-state index contributed by atoms with van der Waals surface area (Å²) in [6.45, 7) is 13.9. The van der Waals surface area contributed by atoms with Crippen LogP contribution in [0.15, 0.2) is 35.5 Å². The van der Waals surface area contributed by atoms with Crippen molar-refractivity contribution in [2.75, 3.05) is 13.7 Å². The summed E-state index contributed by atoms with van der Waals surface area (Å²) in [4.78, 5) is 72.9. The minimum atomic E-state index is -1.09. The number of nitrogens with one attached hydrogen (secondary N) is 3. The van der Waals surface area contributed by atoms with Crippen LogP contribution in [-0.2, 0) is 24.0 Å². The van der Waals surface area contributed by atoms with Crippen molar-refractivity contribution in [3.8, 4) is 0 Å². The van der Waals surface area contributed by atoms with Crippen molar-refractivity contribution in [1.29, 1.82) is 0 Å². The maximum Gasteiger partial charge on any atom is 0.316 e. The van der Waals surface area contributed by atoms with E-state index in [0.29, 0.717) is 18.7 Å². The van der Waals surface area contributed by atoms with E-state index in [9.17, 15) is 24.0 Å². The lowest BCUT2D eigenvalue weighted by molar-refractivity contribution is -0.145. The molecular weight excluding hydrogens is 588 g/mol. The molecule has 4 rings (SSSR count). The molecule has 12 heteroatoms. The minimum Gasteiger partial charge on any atom is -0.399 e. The number of fused-ring (bicyclic) bond motifs is 1. The molecule has 1 aromatic carbocycles. The monoisotopic (exact) mass is 638 g/mol. The zero-order chi connectivity index (χ0) is 34.1. The first kappa shape index (κ1) is 34.9. The van der Waals surface area contributed by atoms with E-state index in [1.54, 1.807) is 0 Å². The number of ketones is 1. The Morgan fingerprint density at radius 3 is 2.20 bits per heavy atom. The average Bonchev–Trinajstić information content (AvgIpc) is 3.83. The second-order valence-electron chi connectivity index (χ2n) is 15.0. The van der Waals surface area contributed by atoms with Crippen LogP contribution in [0.25, 0.3) is 0 Å². The van der Waals surface area contributed by atoms with Gasteiger partial charge in [-0.05, 0) is 40.9 Å². The lowest BCUT2D eigenvalue weighted by Gasteiger charge is -2.38. The molecule has 12 nitrogen and oxygen atoms in total. The largest absolute Gasteiger partial charge is 0.399 e. The van der Waals surface area contributed by atoms with Gasteiger partial charge in [0, 0.05) is 12.1 Å². The predicted molar refractivity (Wildman–Crippen MR) is 173 cm³/mol. The molecule has 1 aliphatic heterocycles. The third-order valence-corrected chi connectivity index (χ3v) is 9.80. The fourth-order valence-electron chi connectivity index (χ4n) is 6.84. The number of carbonyl (C=O) groups excluding carboxylic acids is 5. The van der Waals surface area contributed by atoms with Crippen molar-refractivity contribution in [3.63, 3.8) is 0 Å². The van der Waals surface area contributed by atoms with Crippen LogP contribution in [0.1, 0.15) is 73.3 Å². The zero-order valence-corrected chi connectivity index (χ0v) is 28.3. The van der Waals surface area contributed by atoms with Crippen molar-refractivity contribution in [3.05, 3.63) is 35.9 Å². The van der Waals surface area contributed by atoms with Crippen LogP contribution in [0.4, 0.5) is 4.79 Å². The summed E-state index contributed by atoms with van der Waals surface area (Å²) in [5.41, 5.74) is 5.73. The molecule has 252 valence electrons. The maximum atomic E-state index is 14.3. The first-order valence-electron chi connectivity index (χ1n) is 16.2. The molecule has 6 atom stereocenters. The number of carbonyl (C=O) groups is 5. The van der Waals surface area contributed by atoms with E-state index in [2.05, 4.69) is 35.0 Å².